The molecule has 0 amide bonds. The molecule has 8 nitrogen and oxygen atoms in total. The summed E-state index contributed by atoms with van der Waals surface area (Å²) in [5.74, 6) is 0.398. The quantitative estimate of drug-likeness (QED) is 0.172. The fourth-order valence-corrected chi connectivity index (χ4v) is 6.60. The topological polar surface area (TPSA) is 88.5 Å². The highest BCUT2D eigenvalue weighted by Gasteiger charge is 2.14. The van der Waals surface area contributed by atoms with Gasteiger partial charge in [-0.1, -0.05) is 27.7 Å². The van der Waals surface area contributed by atoms with E-state index in [1.54, 1.807) is 24.3 Å². The van der Waals surface area contributed by atoms with Crippen LogP contribution in [0.2, 0.25) is 0 Å². The monoisotopic (exact) mass is 880 g/mol. The number of methoxy groups -OCH3 is 1. The molecule has 0 aliphatic heterocycles. The van der Waals surface area contributed by atoms with Crippen LogP contribution in [0.15, 0.2) is 24.3 Å². The first-order chi connectivity index (χ1) is 18.5. The maximum Gasteiger partial charge on any atom is 0.337 e. The highest BCUT2D eigenvalue weighted by Crippen LogP contribution is 2.29. The molecule has 0 heterocycles. The zero-order valence-electron chi connectivity index (χ0n) is 23.5. The predicted molar refractivity (Wildman–Crippen MR) is 181 cm³/mol. The fourth-order valence-electron chi connectivity index (χ4n) is 3.60. The number of aromatic carboxylic acids is 1. The van der Waals surface area contributed by atoms with Gasteiger partial charge in [-0.2, -0.15) is 0 Å². The Morgan fingerprint density at radius 1 is 0.744 bits per heavy atom. The minimum absolute atomic E-state index is 0.304. The van der Waals surface area contributed by atoms with Crippen molar-refractivity contribution in [2.45, 2.75) is 34.6 Å². The molecule has 0 bridgehead atoms. The van der Waals surface area contributed by atoms with Crippen LogP contribution in [0.25, 0.3) is 0 Å². The van der Waals surface area contributed by atoms with Crippen molar-refractivity contribution in [3.63, 3.8) is 0 Å². The number of carboxylic acid groups (broad SMARTS) is 1. The van der Waals surface area contributed by atoms with E-state index in [2.05, 4.69) is 105 Å². The molecular formula is C28H39I3N2O6. The number of rotatable bonds is 14. The number of benzene rings is 2. The molecule has 2 aromatic rings. The maximum absolute atomic E-state index is 11.5. The van der Waals surface area contributed by atoms with Crippen molar-refractivity contribution in [3.05, 3.63) is 51.7 Å². The summed E-state index contributed by atoms with van der Waals surface area (Å²) in [6, 6.07) is 6.88. The molecule has 1 N–H and O–H groups in total. The average molecular weight is 880 g/mol. The van der Waals surface area contributed by atoms with Crippen molar-refractivity contribution in [3.8, 4) is 11.5 Å². The number of esters is 1. The van der Waals surface area contributed by atoms with Crippen LogP contribution in [0.1, 0.15) is 54.0 Å². The summed E-state index contributed by atoms with van der Waals surface area (Å²) in [7, 11) is 1.39. The van der Waals surface area contributed by atoms with E-state index in [0.717, 1.165) is 67.0 Å². The van der Waals surface area contributed by atoms with Gasteiger partial charge >= 0.3 is 11.9 Å². The number of likely N-dealkylation sites (N-methyl/N-ethyl adjacent to an activating group) is 2. The second kappa shape index (κ2) is 19.3. The van der Waals surface area contributed by atoms with Crippen LogP contribution < -0.4 is 9.47 Å². The van der Waals surface area contributed by atoms with E-state index in [-0.39, 0.29) is 5.97 Å². The smallest absolute Gasteiger partial charge is 0.337 e. The van der Waals surface area contributed by atoms with Crippen LogP contribution >= 0.6 is 67.8 Å². The van der Waals surface area contributed by atoms with Crippen LogP contribution in [-0.4, -0.2) is 86.4 Å². The lowest BCUT2D eigenvalue weighted by Gasteiger charge is -2.19. The van der Waals surface area contributed by atoms with Gasteiger partial charge in [0.25, 0.3) is 0 Å². The number of aryl methyl sites for hydroxylation is 1. The molecule has 0 radical (unpaired) electrons. The van der Waals surface area contributed by atoms with E-state index < -0.39 is 5.97 Å². The number of nitrogens with zero attached hydrogens (tertiary/aromatic N) is 2. The molecule has 0 aliphatic carbocycles. The molecule has 0 saturated carbocycles. The molecule has 0 unspecified atom stereocenters. The molecule has 0 aliphatic rings. The number of ether oxygens (including phenoxy) is 3. The Bertz CT molecular complexity index is 1030. The number of halogens is 3. The van der Waals surface area contributed by atoms with Gasteiger partial charge in [-0.25, -0.2) is 9.59 Å². The molecule has 0 saturated heterocycles. The van der Waals surface area contributed by atoms with Crippen molar-refractivity contribution < 1.29 is 28.9 Å². The highest BCUT2D eigenvalue weighted by atomic mass is 127. The van der Waals surface area contributed by atoms with E-state index in [0.29, 0.717) is 24.3 Å². The SMILES string of the molecule is CCN(CC)CCOc1c(C)cc(C(=O)O)cc1I.CCN(CC)CCOc1c(I)cc(C(=O)OC)cc1I. The number of hydrogen-bond acceptors (Lipinski definition) is 7. The van der Waals surface area contributed by atoms with Crippen molar-refractivity contribution in [2.24, 2.45) is 0 Å². The summed E-state index contributed by atoms with van der Waals surface area (Å²) in [4.78, 5) is 27.1. The van der Waals surface area contributed by atoms with Crippen LogP contribution in [0.5, 0.6) is 11.5 Å². The lowest BCUT2D eigenvalue weighted by Crippen LogP contribution is -2.28. The lowest BCUT2D eigenvalue weighted by molar-refractivity contribution is 0.0599. The summed E-state index contributed by atoms with van der Waals surface area (Å²) in [5, 5.41) is 8.99. The van der Waals surface area contributed by atoms with Gasteiger partial charge in [0, 0.05) is 13.1 Å². The van der Waals surface area contributed by atoms with Gasteiger partial charge in [-0.05, 0) is 131 Å². The summed E-state index contributed by atoms with van der Waals surface area (Å²) in [6.07, 6.45) is 0. The second-order valence-electron chi connectivity index (χ2n) is 8.42. The van der Waals surface area contributed by atoms with Gasteiger partial charge < -0.3 is 29.1 Å². The molecule has 2 rings (SSSR count). The van der Waals surface area contributed by atoms with E-state index in [1.807, 2.05) is 6.92 Å². The summed E-state index contributed by atoms with van der Waals surface area (Å²) < 4.78 is 19.1. The van der Waals surface area contributed by atoms with Crippen molar-refractivity contribution in [1.29, 1.82) is 0 Å². The number of carboxylic acids is 1. The fraction of sp³-hybridized carbons (Fsp3) is 0.500. The van der Waals surface area contributed by atoms with Gasteiger partial charge in [0.05, 0.1) is 28.9 Å². The highest BCUT2D eigenvalue weighted by molar-refractivity contribution is 14.1. The van der Waals surface area contributed by atoms with Gasteiger partial charge in [-0.3, -0.25) is 0 Å². The van der Waals surface area contributed by atoms with Crippen LogP contribution in [-0.2, 0) is 4.74 Å². The largest absolute Gasteiger partial charge is 0.491 e. The second-order valence-corrected chi connectivity index (χ2v) is 11.9. The van der Waals surface area contributed by atoms with Crippen LogP contribution in [0, 0.1) is 17.6 Å². The van der Waals surface area contributed by atoms with Crippen LogP contribution in [0.3, 0.4) is 0 Å². The Morgan fingerprint density at radius 2 is 1.15 bits per heavy atom. The zero-order valence-corrected chi connectivity index (χ0v) is 30.0. The average Bonchev–Trinajstić information content (AvgIpc) is 2.91. The summed E-state index contributed by atoms with van der Waals surface area (Å²) in [6.45, 7) is 17.5. The first kappa shape index (κ1) is 36.1. The molecule has 2 aromatic carbocycles. The first-order valence-corrected chi connectivity index (χ1v) is 16.1. The third-order valence-electron chi connectivity index (χ3n) is 5.99. The Balaban J connectivity index is 0.000000391. The van der Waals surface area contributed by atoms with Crippen molar-refractivity contribution in [1.82, 2.24) is 9.80 Å². The Morgan fingerprint density at radius 3 is 1.54 bits per heavy atom. The number of carbonyl (C=O) groups is 2. The third-order valence-corrected chi connectivity index (χ3v) is 8.40. The minimum Gasteiger partial charge on any atom is -0.491 e. The van der Waals surface area contributed by atoms with Gasteiger partial charge in [0.2, 0.25) is 0 Å². The Labute approximate surface area is 273 Å². The van der Waals surface area contributed by atoms with E-state index in [9.17, 15) is 9.59 Å². The van der Waals surface area contributed by atoms with Crippen molar-refractivity contribution >= 4 is 79.7 Å². The lowest BCUT2D eigenvalue weighted by atomic mass is 10.1. The summed E-state index contributed by atoms with van der Waals surface area (Å²) >= 11 is 6.49. The Hall–Kier alpha value is -0.910. The minimum atomic E-state index is -0.907. The third kappa shape index (κ3) is 12.2. The molecule has 0 spiro atoms. The molecule has 0 aromatic heterocycles. The van der Waals surface area contributed by atoms with Gasteiger partial charge in [0.1, 0.15) is 24.7 Å². The number of hydrogen-bond donors (Lipinski definition) is 1. The first-order valence-electron chi connectivity index (χ1n) is 12.8. The molecule has 218 valence electrons. The molecule has 0 fully saturated rings. The molecule has 39 heavy (non-hydrogen) atoms. The molecule has 0 atom stereocenters. The van der Waals surface area contributed by atoms with Gasteiger partial charge in [-0.15, -0.1) is 0 Å². The maximum atomic E-state index is 11.5. The molecular weight excluding hydrogens is 841 g/mol. The normalized spacial score (nSPS) is 10.7. The van der Waals surface area contributed by atoms with E-state index in [4.69, 9.17) is 19.3 Å². The Kier molecular flexibility index (Phi) is 17.8. The van der Waals surface area contributed by atoms with Gasteiger partial charge in [0.15, 0.2) is 0 Å². The predicted octanol–water partition coefficient (Wildman–Crippen LogP) is 6.42. The standard InChI is InChI=1S/C14H19I2NO3.C14H20INO3/c1-4-17(5-2)6-7-20-13-11(15)8-10(9-12(13)16)14(18)19-3;1-4-16(5-2)6-7-19-13-10(3)8-11(14(17)18)9-12(13)15/h8-9H,4-7H2,1-3H3;8-9H,4-7H2,1-3H3,(H,17,18). The molecule has 11 heteroatoms. The number of carbonyl (C=O) groups excluding carboxylic acids is 1. The zero-order chi connectivity index (χ0) is 29.5. The van der Waals surface area contributed by atoms with Crippen molar-refractivity contribution in [2.75, 3.05) is 59.6 Å². The van der Waals surface area contributed by atoms with E-state index in [1.165, 1.54) is 7.11 Å². The van der Waals surface area contributed by atoms with Crippen LogP contribution in [0.4, 0.5) is 0 Å². The summed E-state index contributed by atoms with van der Waals surface area (Å²) in [5.41, 5.74) is 1.72. The van der Waals surface area contributed by atoms with E-state index >= 15 is 0 Å².